The zero-order chi connectivity index (χ0) is 9.14. The van der Waals surface area contributed by atoms with Crippen molar-refractivity contribution in [3.8, 4) is 0 Å². The van der Waals surface area contributed by atoms with Crippen molar-refractivity contribution in [2.45, 2.75) is 17.9 Å². The first-order valence-electron chi connectivity index (χ1n) is 3.70. The molecule has 0 heterocycles. The van der Waals surface area contributed by atoms with Gasteiger partial charge in [0.05, 0.1) is 6.04 Å². The molecule has 2 nitrogen and oxygen atoms in total. The number of hydrogen-bond acceptors (Lipinski definition) is 3. The van der Waals surface area contributed by atoms with Gasteiger partial charge in [0, 0.05) is 10.5 Å². The van der Waals surface area contributed by atoms with Gasteiger partial charge >= 0.3 is 0 Å². The van der Waals surface area contributed by atoms with Crippen LogP contribution in [0.1, 0.15) is 17.3 Å². The number of carbonyl (C=O) groups excluding carboxylic acids is 1. The van der Waals surface area contributed by atoms with Gasteiger partial charge in [0.15, 0.2) is 5.78 Å². The van der Waals surface area contributed by atoms with Crippen molar-refractivity contribution in [3.63, 3.8) is 0 Å². The summed E-state index contributed by atoms with van der Waals surface area (Å²) in [5, 5.41) is 0. The SMILES string of the molecule is C[C@H](N)C(=O)c1ccccc1S. The van der Waals surface area contributed by atoms with Crippen molar-refractivity contribution in [3.05, 3.63) is 29.8 Å². The van der Waals surface area contributed by atoms with E-state index in [2.05, 4.69) is 12.6 Å². The fourth-order valence-corrected chi connectivity index (χ4v) is 1.20. The summed E-state index contributed by atoms with van der Waals surface area (Å²) in [6.45, 7) is 1.67. The van der Waals surface area contributed by atoms with Gasteiger partial charge in [-0.05, 0) is 13.0 Å². The molecular weight excluding hydrogens is 170 g/mol. The van der Waals surface area contributed by atoms with E-state index in [1.807, 2.05) is 6.07 Å². The van der Waals surface area contributed by atoms with Crippen LogP contribution in [0.5, 0.6) is 0 Å². The van der Waals surface area contributed by atoms with Crippen LogP contribution in [0.3, 0.4) is 0 Å². The Balaban J connectivity index is 3.03. The molecule has 12 heavy (non-hydrogen) atoms. The van der Waals surface area contributed by atoms with E-state index in [1.54, 1.807) is 25.1 Å². The van der Waals surface area contributed by atoms with Gasteiger partial charge in [-0.25, -0.2) is 0 Å². The number of ketones is 1. The molecule has 0 aliphatic rings. The summed E-state index contributed by atoms with van der Waals surface area (Å²) in [6.07, 6.45) is 0. The van der Waals surface area contributed by atoms with Gasteiger partial charge in [-0.1, -0.05) is 18.2 Å². The number of nitrogens with two attached hydrogens (primary N) is 1. The number of Topliss-reactive ketones (excluding diaryl/α,β-unsaturated/α-hetero) is 1. The molecule has 0 unspecified atom stereocenters. The Hall–Kier alpha value is -0.800. The third-order valence-corrected chi connectivity index (χ3v) is 1.97. The fourth-order valence-electron chi connectivity index (χ4n) is 0.927. The van der Waals surface area contributed by atoms with E-state index >= 15 is 0 Å². The number of carbonyl (C=O) groups is 1. The van der Waals surface area contributed by atoms with Crippen LogP contribution in [-0.2, 0) is 0 Å². The van der Waals surface area contributed by atoms with Crippen molar-refractivity contribution in [1.82, 2.24) is 0 Å². The van der Waals surface area contributed by atoms with Gasteiger partial charge in [0.1, 0.15) is 0 Å². The van der Waals surface area contributed by atoms with Crippen LogP contribution in [0.15, 0.2) is 29.2 Å². The molecule has 1 atom stereocenters. The standard InChI is InChI=1S/C9H11NOS/c1-6(10)9(11)7-4-2-3-5-8(7)12/h2-6,12H,10H2,1H3/t6-/m0/s1. The Morgan fingerprint density at radius 2 is 2.08 bits per heavy atom. The summed E-state index contributed by atoms with van der Waals surface area (Å²) < 4.78 is 0. The first kappa shape index (κ1) is 9.29. The minimum absolute atomic E-state index is 0.0689. The Bertz CT molecular complexity index is 296. The molecule has 0 saturated carbocycles. The average Bonchev–Trinajstić information content (AvgIpc) is 2.04. The highest BCUT2D eigenvalue weighted by Gasteiger charge is 2.12. The lowest BCUT2D eigenvalue weighted by molar-refractivity contribution is 0.0965. The molecule has 1 rings (SSSR count). The summed E-state index contributed by atoms with van der Waals surface area (Å²) in [4.78, 5) is 12.1. The van der Waals surface area contributed by atoms with Gasteiger partial charge in [0.25, 0.3) is 0 Å². The zero-order valence-electron chi connectivity index (χ0n) is 6.82. The lowest BCUT2D eigenvalue weighted by Crippen LogP contribution is -2.26. The Morgan fingerprint density at radius 1 is 1.50 bits per heavy atom. The molecule has 0 saturated heterocycles. The van der Waals surface area contributed by atoms with E-state index in [-0.39, 0.29) is 5.78 Å². The Morgan fingerprint density at radius 3 is 2.58 bits per heavy atom. The topological polar surface area (TPSA) is 43.1 Å². The van der Waals surface area contributed by atoms with Crippen LogP contribution in [0, 0.1) is 0 Å². The van der Waals surface area contributed by atoms with Crippen molar-refractivity contribution >= 4 is 18.4 Å². The number of benzene rings is 1. The highest BCUT2D eigenvalue weighted by Crippen LogP contribution is 2.14. The third kappa shape index (κ3) is 1.87. The van der Waals surface area contributed by atoms with Crippen molar-refractivity contribution in [2.75, 3.05) is 0 Å². The lowest BCUT2D eigenvalue weighted by Gasteiger charge is -2.05. The minimum Gasteiger partial charge on any atom is -0.321 e. The third-order valence-electron chi connectivity index (χ3n) is 1.58. The maximum atomic E-state index is 11.4. The molecule has 0 bridgehead atoms. The highest BCUT2D eigenvalue weighted by molar-refractivity contribution is 7.80. The number of hydrogen-bond donors (Lipinski definition) is 2. The largest absolute Gasteiger partial charge is 0.321 e. The predicted molar refractivity (Wildman–Crippen MR) is 51.7 cm³/mol. The second-order valence-electron chi connectivity index (χ2n) is 2.67. The van der Waals surface area contributed by atoms with Crippen LogP contribution in [0.2, 0.25) is 0 Å². The molecule has 0 fully saturated rings. The predicted octanol–water partition coefficient (Wildman–Crippen LogP) is 1.51. The molecule has 1 aromatic rings. The summed E-state index contributed by atoms with van der Waals surface area (Å²) in [5.74, 6) is -0.0689. The first-order chi connectivity index (χ1) is 5.63. The molecule has 0 radical (unpaired) electrons. The summed E-state index contributed by atoms with van der Waals surface area (Å²) in [7, 11) is 0. The van der Waals surface area contributed by atoms with Crippen LogP contribution >= 0.6 is 12.6 Å². The fraction of sp³-hybridized carbons (Fsp3) is 0.222. The highest BCUT2D eigenvalue weighted by atomic mass is 32.1. The van der Waals surface area contributed by atoms with Crippen molar-refractivity contribution in [2.24, 2.45) is 5.73 Å². The van der Waals surface area contributed by atoms with Gasteiger partial charge in [-0.15, -0.1) is 12.6 Å². The molecule has 0 aliphatic carbocycles. The molecular formula is C9H11NOS. The molecule has 0 aliphatic heterocycles. The molecule has 0 aromatic heterocycles. The van der Waals surface area contributed by atoms with Gasteiger partial charge in [0.2, 0.25) is 0 Å². The van der Waals surface area contributed by atoms with E-state index in [1.165, 1.54) is 0 Å². The van der Waals surface area contributed by atoms with Crippen LogP contribution in [-0.4, -0.2) is 11.8 Å². The monoisotopic (exact) mass is 181 g/mol. The van der Waals surface area contributed by atoms with E-state index in [0.717, 1.165) is 0 Å². The molecule has 3 heteroatoms. The number of rotatable bonds is 2. The summed E-state index contributed by atoms with van der Waals surface area (Å²) in [6, 6.07) is 6.68. The smallest absolute Gasteiger partial charge is 0.180 e. The maximum Gasteiger partial charge on any atom is 0.180 e. The molecule has 0 amide bonds. The number of thiol groups is 1. The van der Waals surface area contributed by atoms with Crippen LogP contribution < -0.4 is 5.73 Å². The van der Waals surface area contributed by atoms with E-state index in [9.17, 15) is 4.79 Å². The van der Waals surface area contributed by atoms with E-state index in [0.29, 0.717) is 10.5 Å². The minimum atomic E-state index is -0.460. The van der Waals surface area contributed by atoms with E-state index in [4.69, 9.17) is 5.73 Å². The Labute approximate surface area is 77.2 Å². The molecule has 1 aromatic carbocycles. The lowest BCUT2D eigenvalue weighted by atomic mass is 10.1. The van der Waals surface area contributed by atoms with Gasteiger partial charge in [-0.2, -0.15) is 0 Å². The quantitative estimate of drug-likeness (QED) is 0.536. The molecule has 64 valence electrons. The summed E-state index contributed by atoms with van der Waals surface area (Å²) in [5.41, 5.74) is 6.05. The molecule has 2 N–H and O–H groups in total. The molecule has 0 spiro atoms. The van der Waals surface area contributed by atoms with Crippen molar-refractivity contribution < 1.29 is 4.79 Å². The normalized spacial score (nSPS) is 12.6. The first-order valence-corrected chi connectivity index (χ1v) is 4.15. The average molecular weight is 181 g/mol. The van der Waals surface area contributed by atoms with Crippen LogP contribution in [0.4, 0.5) is 0 Å². The van der Waals surface area contributed by atoms with E-state index < -0.39 is 6.04 Å². The summed E-state index contributed by atoms with van der Waals surface area (Å²) >= 11 is 4.16. The van der Waals surface area contributed by atoms with Gasteiger partial charge < -0.3 is 5.73 Å². The van der Waals surface area contributed by atoms with Gasteiger partial charge in [-0.3, -0.25) is 4.79 Å². The Kier molecular flexibility index (Phi) is 2.89. The van der Waals surface area contributed by atoms with Crippen LogP contribution in [0.25, 0.3) is 0 Å². The zero-order valence-corrected chi connectivity index (χ0v) is 7.71. The van der Waals surface area contributed by atoms with Crippen molar-refractivity contribution in [1.29, 1.82) is 0 Å². The second kappa shape index (κ2) is 3.74. The second-order valence-corrected chi connectivity index (χ2v) is 3.15. The maximum absolute atomic E-state index is 11.4.